The molecular weight excluding hydrogens is 180 g/mol. The van der Waals surface area contributed by atoms with Gasteiger partial charge in [0.05, 0.1) is 0 Å². The second-order valence-electron chi connectivity index (χ2n) is 4.06. The molecular formula is C11H18O3. The van der Waals surface area contributed by atoms with Crippen molar-refractivity contribution in [2.24, 2.45) is 11.8 Å². The first-order valence-electron chi connectivity index (χ1n) is 5.17. The summed E-state index contributed by atoms with van der Waals surface area (Å²) in [5, 5.41) is 0. The topological polar surface area (TPSA) is 43.4 Å². The molecule has 0 spiro atoms. The number of hydrogen-bond acceptors (Lipinski definition) is 3. The molecule has 80 valence electrons. The predicted octanol–water partition coefficient (Wildman–Crippen LogP) is 1.60. The lowest BCUT2D eigenvalue weighted by atomic mass is 9.78. The summed E-state index contributed by atoms with van der Waals surface area (Å²) in [5.41, 5.74) is 0. The van der Waals surface area contributed by atoms with Crippen LogP contribution in [-0.4, -0.2) is 25.3 Å². The zero-order chi connectivity index (χ0) is 10.6. The molecule has 3 nitrogen and oxygen atoms in total. The third kappa shape index (κ3) is 2.64. The lowest BCUT2D eigenvalue weighted by Crippen LogP contribution is -2.30. The number of Topliss-reactive ketones (excluding diaryl/α,β-unsaturated/α-hetero) is 1. The van der Waals surface area contributed by atoms with Crippen molar-refractivity contribution in [3.05, 3.63) is 0 Å². The maximum atomic E-state index is 11.1. The fourth-order valence-electron chi connectivity index (χ4n) is 2.21. The van der Waals surface area contributed by atoms with Crippen LogP contribution in [0.1, 0.15) is 32.6 Å². The van der Waals surface area contributed by atoms with Crippen LogP contribution in [0, 0.1) is 11.8 Å². The molecule has 1 rings (SSSR count). The molecule has 0 aromatic rings. The standard InChI is InChI=1S/C11H18O3/c1-8(13)9-3-5-10(6-4-9)11(7-12)14-2/h7,9-11H,3-6H2,1-2H3. The Kier molecular flexibility index (Phi) is 4.26. The quantitative estimate of drug-likeness (QED) is 0.644. The maximum absolute atomic E-state index is 11.1. The van der Waals surface area contributed by atoms with Crippen LogP contribution in [0.2, 0.25) is 0 Å². The van der Waals surface area contributed by atoms with E-state index in [1.165, 1.54) is 0 Å². The zero-order valence-electron chi connectivity index (χ0n) is 8.86. The Morgan fingerprint density at radius 1 is 1.36 bits per heavy atom. The summed E-state index contributed by atoms with van der Waals surface area (Å²) in [6, 6.07) is 0. The summed E-state index contributed by atoms with van der Waals surface area (Å²) in [6.45, 7) is 1.65. The first-order valence-corrected chi connectivity index (χ1v) is 5.17. The van der Waals surface area contributed by atoms with Gasteiger partial charge in [-0.1, -0.05) is 0 Å². The smallest absolute Gasteiger partial charge is 0.149 e. The second-order valence-corrected chi connectivity index (χ2v) is 4.06. The Morgan fingerprint density at radius 2 is 1.93 bits per heavy atom. The highest BCUT2D eigenvalue weighted by Crippen LogP contribution is 2.31. The summed E-state index contributed by atoms with van der Waals surface area (Å²) in [5.74, 6) is 0.812. The van der Waals surface area contributed by atoms with Gasteiger partial charge >= 0.3 is 0 Å². The molecule has 0 saturated heterocycles. The minimum absolute atomic E-state index is 0.218. The number of methoxy groups -OCH3 is 1. The summed E-state index contributed by atoms with van der Waals surface area (Å²) < 4.78 is 5.08. The van der Waals surface area contributed by atoms with E-state index in [4.69, 9.17) is 4.74 Å². The molecule has 14 heavy (non-hydrogen) atoms. The number of aldehydes is 1. The number of ether oxygens (including phenoxy) is 1. The van der Waals surface area contributed by atoms with E-state index in [9.17, 15) is 9.59 Å². The van der Waals surface area contributed by atoms with E-state index in [0.29, 0.717) is 5.92 Å². The Hall–Kier alpha value is -0.700. The van der Waals surface area contributed by atoms with Crippen LogP contribution >= 0.6 is 0 Å². The molecule has 1 atom stereocenters. The van der Waals surface area contributed by atoms with E-state index < -0.39 is 0 Å². The van der Waals surface area contributed by atoms with Crippen LogP contribution in [0.25, 0.3) is 0 Å². The van der Waals surface area contributed by atoms with Gasteiger partial charge in [0.15, 0.2) is 0 Å². The maximum Gasteiger partial charge on any atom is 0.149 e. The Labute approximate surface area is 84.8 Å². The molecule has 0 N–H and O–H groups in total. The summed E-state index contributed by atoms with van der Waals surface area (Å²) in [6.07, 6.45) is 4.28. The fourth-order valence-corrected chi connectivity index (χ4v) is 2.21. The van der Waals surface area contributed by atoms with Crippen molar-refractivity contribution in [3.8, 4) is 0 Å². The van der Waals surface area contributed by atoms with E-state index in [1.54, 1.807) is 14.0 Å². The molecule has 1 aliphatic rings. The average Bonchev–Trinajstić information content (AvgIpc) is 2.20. The molecule has 0 bridgehead atoms. The van der Waals surface area contributed by atoms with Crippen LogP contribution < -0.4 is 0 Å². The number of carbonyl (C=O) groups is 2. The molecule has 0 amide bonds. The summed E-state index contributed by atoms with van der Waals surface area (Å²) in [4.78, 5) is 21.8. The van der Waals surface area contributed by atoms with Crippen LogP contribution in [0.4, 0.5) is 0 Å². The summed E-state index contributed by atoms with van der Waals surface area (Å²) >= 11 is 0. The van der Waals surface area contributed by atoms with Gasteiger partial charge in [0.2, 0.25) is 0 Å². The molecule has 0 aromatic carbocycles. The highest BCUT2D eigenvalue weighted by Gasteiger charge is 2.28. The van der Waals surface area contributed by atoms with Crippen LogP contribution in [0.5, 0.6) is 0 Å². The molecule has 1 saturated carbocycles. The van der Waals surface area contributed by atoms with Crippen molar-refractivity contribution >= 4 is 12.1 Å². The van der Waals surface area contributed by atoms with Gasteiger partial charge in [-0.2, -0.15) is 0 Å². The first kappa shape index (κ1) is 11.4. The van der Waals surface area contributed by atoms with Crippen molar-refractivity contribution < 1.29 is 14.3 Å². The van der Waals surface area contributed by atoms with Gasteiger partial charge in [0, 0.05) is 13.0 Å². The Balaban J connectivity index is 2.42. The van der Waals surface area contributed by atoms with Crippen LogP contribution in [0.15, 0.2) is 0 Å². The van der Waals surface area contributed by atoms with Crippen molar-refractivity contribution in [2.75, 3.05) is 7.11 Å². The van der Waals surface area contributed by atoms with Gasteiger partial charge in [-0.15, -0.1) is 0 Å². The molecule has 3 heteroatoms. The third-order valence-corrected chi connectivity index (χ3v) is 3.22. The van der Waals surface area contributed by atoms with Crippen molar-refractivity contribution in [3.63, 3.8) is 0 Å². The Morgan fingerprint density at radius 3 is 2.29 bits per heavy atom. The van der Waals surface area contributed by atoms with Gasteiger partial charge in [0.1, 0.15) is 18.2 Å². The van der Waals surface area contributed by atoms with E-state index >= 15 is 0 Å². The zero-order valence-corrected chi connectivity index (χ0v) is 8.86. The predicted molar refractivity (Wildman–Crippen MR) is 53.0 cm³/mol. The van der Waals surface area contributed by atoms with Gasteiger partial charge in [-0.3, -0.25) is 4.79 Å². The third-order valence-electron chi connectivity index (χ3n) is 3.22. The highest BCUT2D eigenvalue weighted by molar-refractivity contribution is 5.78. The fraction of sp³-hybridized carbons (Fsp3) is 0.818. The van der Waals surface area contributed by atoms with E-state index in [2.05, 4.69) is 0 Å². The monoisotopic (exact) mass is 198 g/mol. The number of hydrogen-bond donors (Lipinski definition) is 0. The molecule has 1 fully saturated rings. The minimum atomic E-state index is -0.275. The average molecular weight is 198 g/mol. The van der Waals surface area contributed by atoms with Crippen LogP contribution in [0.3, 0.4) is 0 Å². The molecule has 1 aliphatic carbocycles. The largest absolute Gasteiger partial charge is 0.374 e. The first-order chi connectivity index (χ1) is 6.69. The molecule has 0 heterocycles. The minimum Gasteiger partial charge on any atom is -0.374 e. The second kappa shape index (κ2) is 5.25. The highest BCUT2D eigenvalue weighted by atomic mass is 16.5. The van der Waals surface area contributed by atoms with Crippen molar-refractivity contribution in [2.45, 2.75) is 38.7 Å². The lowest BCUT2D eigenvalue weighted by Gasteiger charge is -2.29. The van der Waals surface area contributed by atoms with Gasteiger partial charge in [-0.05, 0) is 38.5 Å². The SMILES string of the molecule is COC(C=O)C1CCC(C(C)=O)CC1. The van der Waals surface area contributed by atoms with E-state index in [-0.39, 0.29) is 17.8 Å². The van der Waals surface area contributed by atoms with Gasteiger partial charge in [0.25, 0.3) is 0 Å². The summed E-state index contributed by atoms with van der Waals surface area (Å²) in [7, 11) is 1.57. The number of ketones is 1. The normalized spacial score (nSPS) is 29.6. The molecule has 1 unspecified atom stereocenters. The van der Waals surface area contributed by atoms with Gasteiger partial charge < -0.3 is 9.53 Å². The number of rotatable bonds is 4. The van der Waals surface area contributed by atoms with Crippen molar-refractivity contribution in [1.82, 2.24) is 0 Å². The van der Waals surface area contributed by atoms with Gasteiger partial charge in [-0.25, -0.2) is 0 Å². The molecule has 0 aromatic heterocycles. The van der Waals surface area contributed by atoms with E-state index in [1.807, 2.05) is 0 Å². The molecule has 0 radical (unpaired) electrons. The van der Waals surface area contributed by atoms with Crippen LogP contribution in [-0.2, 0) is 14.3 Å². The Bertz CT molecular complexity index is 205. The van der Waals surface area contributed by atoms with E-state index in [0.717, 1.165) is 32.0 Å². The molecule has 0 aliphatic heterocycles. The van der Waals surface area contributed by atoms with Crippen molar-refractivity contribution in [1.29, 1.82) is 0 Å². The number of carbonyl (C=O) groups excluding carboxylic acids is 2. The lowest BCUT2D eigenvalue weighted by molar-refractivity contribution is -0.123.